The van der Waals surface area contributed by atoms with Crippen LogP contribution in [0.3, 0.4) is 0 Å². The fourth-order valence-electron chi connectivity index (χ4n) is 3.12. The van der Waals surface area contributed by atoms with Crippen molar-refractivity contribution < 1.29 is 0 Å². The first-order valence-corrected chi connectivity index (χ1v) is 10.7. The highest BCUT2D eigenvalue weighted by Gasteiger charge is 2.17. The lowest BCUT2D eigenvalue weighted by molar-refractivity contribution is 1.33. The molecule has 0 aliphatic rings. The van der Waals surface area contributed by atoms with Gasteiger partial charge in [0.2, 0.25) is 0 Å². The highest BCUT2D eigenvalue weighted by molar-refractivity contribution is 7.97. The van der Waals surface area contributed by atoms with Crippen molar-refractivity contribution in [1.29, 1.82) is 5.26 Å². The van der Waals surface area contributed by atoms with Gasteiger partial charge in [-0.15, -0.1) is 0 Å². The molecule has 4 rings (SSSR count). The molecule has 0 aromatic heterocycles. The largest absolute Gasteiger partial charge is 0.210 e. The van der Waals surface area contributed by atoms with Gasteiger partial charge in [-0.05, 0) is 41.5 Å². The molecular weight excluding hydrogens is 431 g/mol. The van der Waals surface area contributed by atoms with Crippen LogP contribution < -0.4 is 4.72 Å². The highest BCUT2D eigenvalue weighted by Crippen LogP contribution is 2.41. The first-order valence-electron chi connectivity index (χ1n) is 9.18. The average Bonchev–Trinajstić information content (AvgIpc) is 2.79. The number of halogens is 2. The summed E-state index contributed by atoms with van der Waals surface area (Å²) in [4.78, 5) is 0.809. The Labute approximate surface area is 190 Å². The Morgan fingerprint density at radius 2 is 1.30 bits per heavy atom. The van der Waals surface area contributed by atoms with Crippen LogP contribution in [0.1, 0.15) is 5.56 Å². The normalized spacial score (nSPS) is 10.4. The third-order valence-electron chi connectivity index (χ3n) is 4.54. The quantitative estimate of drug-likeness (QED) is 0.290. The summed E-state index contributed by atoms with van der Waals surface area (Å²) >= 11 is 13.7. The fourth-order valence-corrected chi connectivity index (χ4v) is 4.29. The Morgan fingerprint density at radius 1 is 0.733 bits per heavy atom. The summed E-state index contributed by atoms with van der Waals surface area (Å²) in [6.45, 7) is 0. The van der Waals surface area contributed by atoms with Crippen molar-refractivity contribution in [2.45, 2.75) is 4.90 Å². The maximum Gasteiger partial charge on any atom is 0.0992 e. The van der Waals surface area contributed by atoms with Gasteiger partial charge in [-0.1, -0.05) is 83.9 Å². The van der Waals surface area contributed by atoms with E-state index in [1.807, 2.05) is 78.9 Å². The van der Waals surface area contributed by atoms with E-state index in [2.05, 4.69) is 6.07 Å². The minimum absolute atomic E-state index is 0.549. The number of nitrogens with zero attached hydrogens (tertiary/aromatic N) is 2. The topological polar surface area (TPSA) is 37.9 Å². The summed E-state index contributed by atoms with van der Waals surface area (Å²) in [7, 11) is 0. The first-order chi connectivity index (χ1) is 14.7. The fraction of sp³-hybridized carbons (Fsp3) is 0. The zero-order chi connectivity index (χ0) is 20.9. The van der Waals surface area contributed by atoms with E-state index >= 15 is 0 Å². The summed E-state index contributed by atoms with van der Waals surface area (Å²) in [5, 5.41) is 10.8. The molecule has 2 nitrogen and oxygen atoms in total. The summed E-state index contributed by atoms with van der Waals surface area (Å²) in [6, 6.07) is 31.3. The predicted octanol–water partition coefficient (Wildman–Crippen LogP) is 8.14. The van der Waals surface area contributed by atoms with E-state index in [0.717, 1.165) is 32.8 Å². The highest BCUT2D eigenvalue weighted by atomic mass is 35.5. The monoisotopic (exact) mass is 445 g/mol. The van der Waals surface area contributed by atoms with Crippen molar-refractivity contribution >= 4 is 40.8 Å². The van der Waals surface area contributed by atoms with Crippen molar-refractivity contribution in [2.24, 2.45) is 0 Å². The Hall–Kier alpha value is -2.90. The maximum atomic E-state index is 9.63. The zero-order valence-corrected chi connectivity index (χ0v) is 18.0. The maximum absolute atomic E-state index is 9.63. The van der Waals surface area contributed by atoms with Crippen LogP contribution in [0, 0.1) is 11.3 Å². The molecule has 0 saturated heterocycles. The summed E-state index contributed by atoms with van der Waals surface area (Å²) in [5.41, 5.74) is 5.16. The molecule has 0 N–H and O–H groups in total. The molecule has 0 bridgehead atoms. The van der Waals surface area contributed by atoms with Gasteiger partial charge >= 0.3 is 0 Å². The van der Waals surface area contributed by atoms with Gasteiger partial charge in [0.05, 0.1) is 22.3 Å². The molecule has 0 fully saturated rings. The van der Waals surface area contributed by atoms with E-state index in [9.17, 15) is 5.26 Å². The lowest BCUT2D eigenvalue weighted by Gasteiger charge is -2.16. The van der Waals surface area contributed by atoms with Gasteiger partial charge in [-0.3, -0.25) is 0 Å². The molecular formula is C25H15Cl2N2S. The number of benzene rings is 4. The molecule has 0 atom stereocenters. The molecule has 5 heteroatoms. The van der Waals surface area contributed by atoms with Crippen LogP contribution in [0.5, 0.6) is 0 Å². The number of hydrogen-bond acceptors (Lipinski definition) is 2. The number of rotatable bonds is 5. The smallest absolute Gasteiger partial charge is 0.0992 e. The summed E-state index contributed by atoms with van der Waals surface area (Å²) in [5.74, 6) is 0. The molecule has 0 aliphatic carbocycles. The van der Waals surface area contributed by atoms with Crippen molar-refractivity contribution in [3.63, 3.8) is 0 Å². The minimum Gasteiger partial charge on any atom is -0.210 e. The summed E-state index contributed by atoms with van der Waals surface area (Å²) in [6.07, 6.45) is 0. The minimum atomic E-state index is 0.549. The second kappa shape index (κ2) is 9.28. The third-order valence-corrected chi connectivity index (χ3v) is 6.02. The van der Waals surface area contributed by atoms with Gasteiger partial charge in [0.25, 0.3) is 0 Å². The van der Waals surface area contributed by atoms with Crippen LogP contribution in [-0.2, 0) is 0 Å². The molecule has 30 heavy (non-hydrogen) atoms. The van der Waals surface area contributed by atoms with Gasteiger partial charge in [0, 0.05) is 33.0 Å². The second-order valence-electron chi connectivity index (χ2n) is 6.52. The summed E-state index contributed by atoms with van der Waals surface area (Å²) < 4.78 is 4.87. The Morgan fingerprint density at radius 3 is 1.80 bits per heavy atom. The Bertz CT molecular complexity index is 1160. The van der Waals surface area contributed by atoms with Crippen LogP contribution in [0.4, 0.5) is 5.69 Å². The van der Waals surface area contributed by atoms with Crippen LogP contribution in [0.15, 0.2) is 95.9 Å². The van der Waals surface area contributed by atoms with E-state index in [0.29, 0.717) is 15.6 Å². The molecule has 4 aromatic rings. The molecule has 0 spiro atoms. The van der Waals surface area contributed by atoms with Gasteiger partial charge in [-0.25, -0.2) is 4.72 Å². The van der Waals surface area contributed by atoms with E-state index < -0.39 is 0 Å². The molecule has 0 aliphatic heterocycles. The van der Waals surface area contributed by atoms with Gasteiger partial charge in [-0.2, -0.15) is 5.26 Å². The van der Waals surface area contributed by atoms with Crippen LogP contribution in [-0.4, -0.2) is 0 Å². The van der Waals surface area contributed by atoms with E-state index in [1.165, 1.54) is 11.9 Å². The SMILES string of the molecule is N#Cc1cc(-c2ccccc2)c([N]Sc2ccc(Cl)cc2Cl)c(-c2ccccc2)c1. The van der Waals surface area contributed by atoms with Crippen LogP contribution >= 0.6 is 35.1 Å². The molecule has 145 valence electrons. The number of nitriles is 1. The van der Waals surface area contributed by atoms with Gasteiger partial charge in [0.1, 0.15) is 0 Å². The van der Waals surface area contributed by atoms with E-state index in [1.54, 1.807) is 12.1 Å². The first kappa shape index (κ1) is 20.4. The molecule has 0 heterocycles. The lowest BCUT2D eigenvalue weighted by atomic mass is 9.94. The van der Waals surface area contributed by atoms with E-state index in [4.69, 9.17) is 27.9 Å². The zero-order valence-electron chi connectivity index (χ0n) is 15.7. The van der Waals surface area contributed by atoms with Crippen molar-refractivity contribution in [3.05, 3.63) is 107 Å². The molecule has 0 saturated carbocycles. The van der Waals surface area contributed by atoms with Crippen LogP contribution in [0.2, 0.25) is 10.0 Å². The standard InChI is InChI=1S/C25H15Cl2N2S/c26-20-11-12-24(23(27)15-20)30-29-25-21(18-7-3-1-4-8-18)13-17(16-28)14-22(25)19-9-5-2-6-10-19/h1-15H. The van der Waals surface area contributed by atoms with Gasteiger partial charge < -0.3 is 0 Å². The van der Waals surface area contributed by atoms with Crippen molar-refractivity contribution in [3.8, 4) is 28.3 Å². The van der Waals surface area contributed by atoms with Crippen molar-refractivity contribution in [1.82, 2.24) is 4.72 Å². The molecule has 1 radical (unpaired) electrons. The predicted molar refractivity (Wildman–Crippen MR) is 126 cm³/mol. The Kier molecular flexibility index (Phi) is 6.30. The van der Waals surface area contributed by atoms with E-state index in [-0.39, 0.29) is 0 Å². The number of hydrogen-bond donors (Lipinski definition) is 0. The average molecular weight is 446 g/mol. The lowest BCUT2D eigenvalue weighted by Crippen LogP contribution is -1.96. The molecule has 0 amide bonds. The molecule has 4 aromatic carbocycles. The van der Waals surface area contributed by atoms with Crippen molar-refractivity contribution in [2.75, 3.05) is 0 Å². The Balaban J connectivity index is 1.86. The third kappa shape index (κ3) is 4.47. The van der Waals surface area contributed by atoms with Crippen LogP contribution in [0.25, 0.3) is 22.3 Å². The van der Waals surface area contributed by atoms with Gasteiger partial charge in [0.15, 0.2) is 0 Å². The molecule has 0 unspecified atom stereocenters. The second-order valence-corrected chi connectivity index (χ2v) is 8.17.